The Balaban J connectivity index is 2.49. The van der Waals surface area contributed by atoms with Crippen LogP contribution in [0.25, 0.3) is 0 Å². The van der Waals surface area contributed by atoms with Crippen molar-refractivity contribution in [1.29, 1.82) is 0 Å². The Labute approximate surface area is 110 Å². The van der Waals surface area contributed by atoms with E-state index in [2.05, 4.69) is 28.2 Å². The average Bonchev–Trinajstić information content (AvgIpc) is 2.34. The molecule has 4 heteroatoms. The van der Waals surface area contributed by atoms with Crippen LogP contribution in [-0.4, -0.2) is 22.9 Å². The van der Waals surface area contributed by atoms with Crippen molar-refractivity contribution in [2.75, 3.05) is 11.9 Å². The minimum Gasteiger partial charge on any atom is -0.508 e. The third kappa shape index (κ3) is 4.77. The Kier molecular flexibility index (Phi) is 6.05. The van der Waals surface area contributed by atoms with Gasteiger partial charge in [0.2, 0.25) is 0 Å². The Bertz CT molecular complexity index is 368. The van der Waals surface area contributed by atoms with Gasteiger partial charge in [0.15, 0.2) is 0 Å². The standard InChI is InChI=1S/C13H18BrNO2/c1-2-10(6-7-14)9-15-13(17)11-4-3-5-12(16)8-11/h3-5,8,10,16H,2,6-7,9H2,1H3,(H,15,17). The van der Waals surface area contributed by atoms with Crippen LogP contribution in [0.3, 0.4) is 0 Å². The fourth-order valence-electron chi connectivity index (χ4n) is 1.59. The Morgan fingerprint density at radius 1 is 1.53 bits per heavy atom. The largest absolute Gasteiger partial charge is 0.508 e. The smallest absolute Gasteiger partial charge is 0.251 e. The molecule has 1 aromatic rings. The summed E-state index contributed by atoms with van der Waals surface area (Å²) in [5.41, 5.74) is 0.499. The number of phenolic OH excluding ortho intramolecular Hbond substituents is 1. The fraction of sp³-hybridized carbons (Fsp3) is 0.462. The molecular formula is C13H18BrNO2. The van der Waals surface area contributed by atoms with E-state index < -0.39 is 0 Å². The van der Waals surface area contributed by atoms with Gasteiger partial charge in [-0.3, -0.25) is 4.79 Å². The second kappa shape index (κ2) is 7.33. The van der Waals surface area contributed by atoms with Crippen LogP contribution < -0.4 is 5.32 Å². The van der Waals surface area contributed by atoms with Gasteiger partial charge in [-0.25, -0.2) is 0 Å². The summed E-state index contributed by atoms with van der Waals surface area (Å²) in [6.45, 7) is 2.80. The summed E-state index contributed by atoms with van der Waals surface area (Å²) < 4.78 is 0. The molecule has 1 rings (SSSR count). The molecule has 94 valence electrons. The molecule has 17 heavy (non-hydrogen) atoms. The number of hydrogen-bond donors (Lipinski definition) is 2. The highest BCUT2D eigenvalue weighted by molar-refractivity contribution is 9.09. The molecule has 1 atom stereocenters. The van der Waals surface area contributed by atoms with Gasteiger partial charge in [0, 0.05) is 17.4 Å². The zero-order valence-electron chi connectivity index (χ0n) is 9.95. The molecule has 0 aromatic heterocycles. The van der Waals surface area contributed by atoms with Gasteiger partial charge in [0.1, 0.15) is 5.75 Å². The van der Waals surface area contributed by atoms with E-state index in [1.54, 1.807) is 18.2 Å². The van der Waals surface area contributed by atoms with Crippen LogP contribution in [0, 0.1) is 5.92 Å². The van der Waals surface area contributed by atoms with E-state index in [0.717, 1.165) is 18.2 Å². The molecule has 2 N–H and O–H groups in total. The molecule has 1 aromatic carbocycles. The first kappa shape index (κ1) is 14.0. The lowest BCUT2D eigenvalue weighted by molar-refractivity contribution is 0.0946. The molecule has 0 aliphatic rings. The lowest BCUT2D eigenvalue weighted by atomic mass is 10.0. The maximum absolute atomic E-state index is 11.8. The predicted octanol–water partition coefficient (Wildman–Crippen LogP) is 2.93. The quantitative estimate of drug-likeness (QED) is 0.794. The van der Waals surface area contributed by atoms with E-state index in [1.165, 1.54) is 6.07 Å². The number of amides is 1. The second-order valence-corrected chi connectivity index (χ2v) is 4.81. The molecule has 0 bridgehead atoms. The number of alkyl halides is 1. The number of carbonyl (C=O) groups excluding carboxylic acids is 1. The Hall–Kier alpha value is -1.03. The van der Waals surface area contributed by atoms with Gasteiger partial charge in [-0.05, 0) is 30.5 Å². The zero-order chi connectivity index (χ0) is 12.7. The van der Waals surface area contributed by atoms with E-state index in [1.807, 2.05) is 0 Å². The SMILES string of the molecule is CCC(CCBr)CNC(=O)c1cccc(O)c1. The van der Waals surface area contributed by atoms with Crippen LogP contribution in [-0.2, 0) is 0 Å². The Morgan fingerprint density at radius 2 is 2.29 bits per heavy atom. The van der Waals surface area contributed by atoms with Crippen molar-refractivity contribution in [1.82, 2.24) is 5.32 Å². The third-order valence-electron chi connectivity index (χ3n) is 2.75. The fourth-order valence-corrected chi connectivity index (χ4v) is 2.24. The summed E-state index contributed by atoms with van der Waals surface area (Å²) in [6.07, 6.45) is 2.10. The number of hydrogen-bond acceptors (Lipinski definition) is 2. The van der Waals surface area contributed by atoms with Gasteiger partial charge >= 0.3 is 0 Å². The summed E-state index contributed by atoms with van der Waals surface area (Å²) in [5, 5.41) is 13.1. The number of rotatable bonds is 6. The van der Waals surface area contributed by atoms with Crippen LogP contribution in [0.1, 0.15) is 30.1 Å². The summed E-state index contributed by atoms with van der Waals surface area (Å²) in [7, 11) is 0. The number of carbonyl (C=O) groups is 1. The minimum atomic E-state index is -0.131. The number of aromatic hydroxyl groups is 1. The maximum Gasteiger partial charge on any atom is 0.251 e. The van der Waals surface area contributed by atoms with Crippen LogP contribution in [0.2, 0.25) is 0 Å². The molecule has 0 aliphatic carbocycles. The molecule has 1 unspecified atom stereocenters. The summed E-state index contributed by atoms with van der Waals surface area (Å²) >= 11 is 3.41. The average molecular weight is 300 g/mol. The van der Waals surface area contributed by atoms with Crippen molar-refractivity contribution >= 4 is 21.8 Å². The first-order valence-electron chi connectivity index (χ1n) is 5.80. The molecule has 3 nitrogen and oxygen atoms in total. The van der Waals surface area contributed by atoms with E-state index in [0.29, 0.717) is 18.0 Å². The lowest BCUT2D eigenvalue weighted by Crippen LogP contribution is -2.29. The van der Waals surface area contributed by atoms with Crippen LogP contribution >= 0.6 is 15.9 Å². The van der Waals surface area contributed by atoms with Crippen molar-refractivity contribution in [2.45, 2.75) is 19.8 Å². The van der Waals surface area contributed by atoms with Gasteiger partial charge in [-0.15, -0.1) is 0 Å². The van der Waals surface area contributed by atoms with Gasteiger partial charge in [0.25, 0.3) is 5.91 Å². The van der Waals surface area contributed by atoms with Crippen LogP contribution in [0.4, 0.5) is 0 Å². The molecule has 1 amide bonds. The van der Waals surface area contributed by atoms with Crippen molar-refractivity contribution in [2.24, 2.45) is 5.92 Å². The first-order valence-corrected chi connectivity index (χ1v) is 6.92. The van der Waals surface area contributed by atoms with E-state index >= 15 is 0 Å². The molecule has 0 radical (unpaired) electrons. The second-order valence-electron chi connectivity index (χ2n) is 4.01. The van der Waals surface area contributed by atoms with E-state index in [9.17, 15) is 9.90 Å². The predicted molar refractivity (Wildman–Crippen MR) is 72.6 cm³/mol. The third-order valence-corrected chi connectivity index (χ3v) is 3.21. The summed E-state index contributed by atoms with van der Waals surface area (Å²) in [5.74, 6) is 0.481. The molecular weight excluding hydrogens is 282 g/mol. The molecule has 0 spiro atoms. The van der Waals surface area contributed by atoms with Crippen molar-refractivity contribution < 1.29 is 9.90 Å². The van der Waals surface area contributed by atoms with E-state index in [-0.39, 0.29) is 11.7 Å². The molecule has 0 aliphatic heterocycles. The highest BCUT2D eigenvalue weighted by Gasteiger charge is 2.09. The van der Waals surface area contributed by atoms with Gasteiger partial charge < -0.3 is 10.4 Å². The molecule has 0 saturated carbocycles. The molecule has 0 fully saturated rings. The van der Waals surface area contributed by atoms with Crippen molar-refractivity contribution in [3.63, 3.8) is 0 Å². The zero-order valence-corrected chi connectivity index (χ0v) is 11.5. The topological polar surface area (TPSA) is 49.3 Å². The number of benzene rings is 1. The van der Waals surface area contributed by atoms with Gasteiger partial charge in [0.05, 0.1) is 0 Å². The maximum atomic E-state index is 11.8. The highest BCUT2D eigenvalue weighted by Crippen LogP contribution is 2.12. The van der Waals surface area contributed by atoms with E-state index in [4.69, 9.17) is 0 Å². The number of nitrogens with one attached hydrogen (secondary N) is 1. The number of phenols is 1. The van der Waals surface area contributed by atoms with Gasteiger partial charge in [-0.1, -0.05) is 35.3 Å². The van der Waals surface area contributed by atoms with Crippen molar-refractivity contribution in [3.8, 4) is 5.75 Å². The highest BCUT2D eigenvalue weighted by atomic mass is 79.9. The molecule has 0 heterocycles. The van der Waals surface area contributed by atoms with Gasteiger partial charge in [-0.2, -0.15) is 0 Å². The van der Waals surface area contributed by atoms with Crippen LogP contribution in [0.15, 0.2) is 24.3 Å². The number of halogens is 1. The monoisotopic (exact) mass is 299 g/mol. The lowest BCUT2D eigenvalue weighted by Gasteiger charge is -2.14. The molecule has 0 saturated heterocycles. The summed E-state index contributed by atoms with van der Waals surface area (Å²) in [4.78, 5) is 11.8. The minimum absolute atomic E-state index is 0.116. The normalized spacial score (nSPS) is 12.1. The van der Waals surface area contributed by atoms with Crippen molar-refractivity contribution in [3.05, 3.63) is 29.8 Å². The van der Waals surface area contributed by atoms with Crippen LogP contribution in [0.5, 0.6) is 5.75 Å². The first-order chi connectivity index (χ1) is 8.17. The summed E-state index contributed by atoms with van der Waals surface area (Å²) in [6, 6.07) is 6.39. The Morgan fingerprint density at radius 3 is 2.88 bits per heavy atom.